The minimum atomic E-state index is -0.503. The minimum Gasteiger partial charge on any atom is -0.339 e. The fourth-order valence-corrected chi connectivity index (χ4v) is 4.23. The van der Waals surface area contributed by atoms with Crippen LogP contribution in [0.15, 0.2) is 42.5 Å². The first-order chi connectivity index (χ1) is 12.0. The second-order valence-corrected chi connectivity index (χ2v) is 7.27. The van der Waals surface area contributed by atoms with Crippen molar-refractivity contribution in [3.05, 3.63) is 64.2 Å². The molecule has 2 aliphatic heterocycles. The van der Waals surface area contributed by atoms with Crippen molar-refractivity contribution in [1.29, 1.82) is 0 Å². The number of fused-ring (bicyclic) bond motifs is 2. The number of carbonyl (C=O) groups excluding carboxylic acids is 2. The summed E-state index contributed by atoms with van der Waals surface area (Å²) in [5, 5.41) is 3.64. The van der Waals surface area contributed by atoms with E-state index in [0.717, 1.165) is 16.8 Å². The van der Waals surface area contributed by atoms with Gasteiger partial charge in [-0.1, -0.05) is 23.7 Å². The van der Waals surface area contributed by atoms with E-state index in [1.54, 1.807) is 24.3 Å². The largest absolute Gasteiger partial charge is 0.339 e. The van der Waals surface area contributed by atoms with Crippen LogP contribution in [0.1, 0.15) is 34.3 Å². The van der Waals surface area contributed by atoms with Gasteiger partial charge in [0.1, 0.15) is 0 Å². The summed E-state index contributed by atoms with van der Waals surface area (Å²) < 4.78 is 0. The predicted molar refractivity (Wildman–Crippen MR) is 98.1 cm³/mol. The number of benzene rings is 2. The average Bonchev–Trinajstić information content (AvgIpc) is 2.88. The van der Waals surface area contributed by atoms with Crippen LogP contribution >= 0.6 is 11.6 Å². The molecule has 1 N–H and O–H groups in total. The number of nitrogens with one attached hydrogen (secondary N) is 1. The molecule has 0 unspecified atom stereocenters. The highest BCUT2D eigenvalue weighted by molar-refractivity contribution is 6.30. The van der Waals surface area contributed by atoms with Crippen molar-refractivity contribution in [2.24, 2.45) is 0 Å². The fourth-order valence-electron chi connectivity index (χ4n) is 4.11. The quantitative estimate of drug-likeness (QED) is 0.847. The molecule has 5 heteroatoms. The third-order valence-corrected chi connectivity index (χ3v) is 5.68. The molecule has 4 rings (SSSR count). The lowest BCUT2D eigenvalue weighted by Crippen LogP contribution is -2.48. The summed E-state index contributed by atoms with van der Waals surface area (Å²) in [6, 6.07) is 12.9. The molecule has 2 aromatic rings. The predicted octanol–water partition coefficient (Wildman–Crippen LogP) is 3.77. The van der Waals surface area contributed by atoms with Gasteiger partial charge in [-0.15, -0.1) is 0 Å². The third kappa shape index (κ3) is 2.52. The van der Waals surface area contributed by atoms with Gasteiger partial charge in [-0.05, 0) is 61.2 Å². The number of nitrogens with zero attached hydrogens (tertiary/aromatic N) is 1. The molecule has 2 aromatic carbocycles. The molecule has 0 radical (unpaired) electrons. The minimum absolute atomic E-state index is 0.00470. The second-order valence-electron chi connectivity index (χ2n) is 6.83. The van der Waals surface area contributed by atoms with E-state index in [1.807, 2.05) is 30.0 Å². The molecule has 2 amide bonds. The molecular weight excluding hydrogens is 336 g/mol. The Kier molecular flexibility index (Phi) is 3.80. The summed E-state index contributed by atoms with van der Waals surface area (Å²) in [5.41, 5.74) is 3.29. The molecule has 0 bridgehead atoms. The number of aryl methyl sites for hydroxylation is 1. The number of anilines is 1. The van der Waals surface area contributed by atoms with Crippen molar-refractivity contribution < 1.29 is 9.59 Å². The zero-order chi connectivity index (χ0) is 17.6. The summed E-state index contributed by atoms with van der Waals surface area (Å²) in [7, 11) is 0. The highest BCUT2D eigenvalue weighted by atomic mass is 35.5. The molecule has 2 aliphatic rings. The molecule has 4 nitrogen and oxygen atoms in total. The van der Waals surface area contributed by atoms with Crippen molar-refractivity contribution in [3.63, 3.8) is 0 Å². The Morgan fingerprint density at radius 3 is 2.48 bits per heavy atom. The zero-order valence-corrected chi connectivity index (χ0v) is 14.8. The first-order valence-corrected chi connectivity index (χ1v) is 8.85. The van der Waals surface area contributed by atoms with Crippen LogP contribution in [0, 0.1) is 6.92 Å². The van der Waals surface area contributed by atoms with Gasteiger partial charge in [0, 0.05) is 29.4 Å². The van der Waals surface area contributed by atoms with E-state index in [2.05, 4.69) is 5.32 Å². The Bertz CT molecular complexity index is 852. The first kappa shape index (κ1) is 16.2. The van der Waals surface area contributed by atoms with Crippen LogP contribution in [0.5, 0.6) is 0 Å². The van der Waals surface area contributed by atoms with Crippen LogP contribution in [0.25, 0.3) is 0 Å². The SMILES string of the molecule is Cc1cccc2c1C1(CCN(C(=O)c3ccc(Cl)cc3)CC1)C(=O)N2. The van der Waals surface area contributed by atoms with Crippen molar-refractivity contribution in [3.8, 4) is 0 Å². The van der Waals surface area contributed by atoms with Crippen LogP contribution in [-0.4, -0.2) is 29.8 Å². The average molecular weight is 355 g/mol. The monoisotopic (exact) mass is 354 g/mol. The number of piperidine rings is 1. The number of amides is 2. The van der Waals surface area contributed by atoms with Crippen LogP contribution < -0.4 is 5.32 Å². The molecule has 0 atom stereocenters. The number of hydrogen-bond donors (Lipinski definition) is 1. The molecule has 0 saturated carbocycles. The van der Waals surface area contributed by atoms with Gasteiger partial charge in [0.25, 0.3) is 5.91 Å². The van der Waals surface area contributed by atoms with Crippen molar-refractivity contribution in [2.45, 2.75) is 25.2 Å². The number of likely N-dealkylation sites (tertiary alicyclic amines) is 1. The van der Waals surface area contributed by atoms with E-state index in [9.17, 15) is 9.59 Å². The maximum Gasteiger partial charge on any atom is 0.253 e. The Balaban J connectivity index is 1.57. The van der Waals surface area contributed by atoms with Crippen LogP contribution in [0.3, 0.4) is 0 Å². The van der Waals surface area contributed by atoms with E-state index in [4.69, 9.17) is 11.6 Å². The van der Waals surface area contributed by atoms with E-state index >= 15 is 0 Å². The lowest BCUT2D eigenvalue weighted by Gasteiger charge is -2.38. The summed E-state index contributed by atoms with van der Waals surface area (Å²) >= 11 is 5.89. The van der Waals surface area contributed by atoms with Gasteiger partial charge in [-0.3, -0.25) is 9.59 Å². The van der Waals surface area contributed by atoms with Crippen LogP contribution in [0.2, 0.25) is 5.02 Å². The van der Waals surface area contributed by atoms with Crippen molar-refractivity contribution in [1.82, 2.24) is 4.90 Å². The maximum atomic E-state index is 12.7. The lowest BCUT2D eigenvalue weighted by molar-refractivity contribution is -0.122. The molecule has 2 heterocycles. The summed E-state index contributed by atoms with van der Waals surface area (Å²) in [5.74, 6) is 0.0605. The Morgan fingerprint density at radius 2 is 1.80 bits per heavy atom. The Hall–Kier alpha value is -2.33. The molecule has 0 aromatic heterocycles. The van der Waals surface area contributed by atoms with Crippen LogP contribution in [-0.2, 0) is 10.2 Å². The summed E-state index contributed by atoms with van der Waals surface area (Å²) in [6.07, 6.45) is 1.30. The fraction of sp³-hybridized carbons (Fsp3) is 0.300. The normalized spacial score (nSPS) is 18.2. The third-order valence-electron chi connectivity index (χ3n) is 5.43. The van der Waals surface area contributed by atoms with E-state index in [1.165, 1.54) is 0 Å². The maximum absolute atomic E-state index is 12.7. The second kappa shape index (κ2) is 5.88. The highest BCUT2D eigenvalue weighted by Gasteiger charge is 2.49. The molecule has 1 fully saturated rings. The molecule has 1 spiro atoms. The van der Waals surface area contributed by atoms with Gasteiger partial charge in [0.15, 0.2) is 0 Å². The Labute approximate surface area is 151 Å². The topological polar surface area (TPSA) is 49.4 Å². The van der Waals surface area contributed by atoms with Gasteiger partial charge in [0.2, 0.25) is 5.91 Å². The first-order valence-electron chi connectivity index (χ1n) is 8.48. The molecular formula is C20H19ClN2O2. The number of rotatable bonds is 1. The van der Waals surface area contributed by atoms with Crippen molar-refractivity contribution >= 4 is 29.1 Å². The van der Waals surface area contributed by atoms with Crippen LogP contribution in [0.4, 0.5) is 5.69 Å². The number of halogens is 1. The summed E-state index contributed by atoms with van der Waals surface area (Å²) in [6.45, 7) is 3.19. The van der Waals surface area contributed by atoms with Gasteiger partial charge in [0.05, 0.1) is 5.41 Å². The molecule has 25 heavy (non-hydrogen) atoms. The summed E-state index contributed by atoms with van der Waals surface area (Å²) in [4.78, 5) is 27.2. The van der Waals surface area contributed by atoms with Crippen molar-refractivity contribution in [2.75, 3.05) is 18.4 Å². The standard InChI is InChI=1S/C20H19ClN2O2/c1-13-3-2-4-16-17(13)20(19(25)22-16)9-11-23(12-10-20)18(24)14-5-7-15(21)8-6-14/h2-8H,9-12H2,1H3,(H,22,25). The van der Waals surface area contributed by atoms with Gasteiger partial charge >= 0.3 is 0 Å². The Morgan fingerprint density at radius 1 is 1.12 bits per heavy atom. The molecule has 1 saturated heterocycles. The van der Waals surface area contributed by atoms with Gasteiger partial charge < -0.3 is 10.2 Å². The number of hydrogen-bond acceptors (Lipinski definition) is 2. The smallest absolute Gasteiger partial charge is 0.253 e. The highest BCUT2D eigenvalue weighted by Crippen LogP contribution is 2.46. The molecule has 128 valence electrons. The van der Waals surface area contributed by atoms with E-state index in [0.29, 0.717) is 36.5 Å². The zero-order valence-electron chi connectivity index (χ0n) is 14.0. The van der Waals surface area contributed by atoms with Gasteiger partial charge in [-0.2, -0.15) is 0 Å². The molecule has 0 aliphatic carbocycles. The van der Waals surface area contributed by atoms with Gasteiger partial charge in [-0.25, -0.2) is 0 Å². The van der Waals surface area contributed by atoms with E-state index < -0.39 is 5.41 Å². The van der Waals surface area contributed by atoms with E-state index in [-0.39, 0.29) is 11.8 Å². The number of carbonyl (C=O) groups is 2. The lowest BCUT2D eigenvalue weighted by atomic mass is 9.72.